The van der Waals surface area contributed by atoms with Gasteiger partial charge in [0.2, 0.25) is 0 Å². The highest BCUT2D eigenvalue weighted by atomic mass is 16.6. The van der Waals surface area contributed by atoms with E-state index in [1.807, 2.05) is 20.8 Å². The number of hydrogen-bond acceptors (Lipinski definition) is 16. The Bertz CT molecular complexity index is 2490. The summed E-state index contributed by atoms with van der Waals surface area (Å²) >= 11 is 0. The number of esters is 6. The molecule has 18 heteroatoms. The Hall–Kier alpha value is -9.21. The lowest BCUT2D eigenvalue weighted by Gasteiger charge is -2.28. The molecule has 0 unspecified atom stereocenters. The fraction of sp³-hybridized carbons (Fsp3) is 0.304. The maximum Gasteiger partial charge on any atom is 0.348 e. The first kappa shape index (κ1) is 59.1. The molecule has 0 heterocycles. The Balaban J connectivity index is 1.80. The zero-order valence-corrected chi connectivity index (χ0v) is 42.7. The summed E-state index contributed by atoms with van der Waals surface area (Å²) in [6.45, 7) is 32.2. The smallest absolute Gasteiger partial charge is 0.348 e. The van der Waals surface area contributed by atoms with Crippen molar-refractivity contribution in [3.63, 3.8) is 0 Å². The monoisotopic (exact) mass is 1010 g/mol. The summed E-state index contributed by atoms with van der Waals surface area (Å²) in [5.74, 6) is -4.59. The highest BCUT2D eigenvalue weighted by molar-refractivity contribution is 5.98. The van der Waals surface area contributed by atoms with Gasteiger partial charge in [0.15, 0.2) is 0 Å². The second kappa shape index (κ2) is 29.2. The van der Waals surface area contributed by atoms with Gasteiger partial charge in [-0.2, -0.15) is 5.26 Å². The summed E-state index contributed by atoms with van der Waals surface area (Å²) in [5, 5.41) is 9.98. The van der Waals surface area contributed by atoms with Crippen LogP contribution in [0.15, 0.2) is 126 Å². The fourth-order valence-electron chi connectivity index (χ4n) is 6.02. The summed E-state index contributed by atoms with van der Waals surface area (Å²) in [5.41, 5.74) is 1.98. The maximum absolute atomic E-state index is 13.4. The second-order valence-corrected chi connectivity index (χ2v) is 17.3. The SMILES string of the molecule is [C-]#[N+]/C(=C\c1ccc(N(C)CCOC(=O)C(=C)C)cc1)C(=O)OCC(C)(COC(=O)/C(=C/c1ccc(N(C)CCOC(=O)C(=C)C)cc1)[N+]#[C-])COC(=O)/C(C#N)=C/c1ccc(N(C)CCOC(=O)C(=C)C)cc1. The number of nitrogens with zero attached hydrogens (tertiary/aromatic N) is 6. The largest absolute Gasteiger partial charge is 0.470 e. The molecular formula is C56H60N6O12. The Morgan fingerprint density at radius 1 is 0.514 bits per heavy atom. The Kier molecular flexibility index (Phi) is 23.3. The van der Waals surface area contributed by atoms with Crippen molar-refractivity contribution in [2.75, 3.05) is 95.1 Å². The van der Waals surface area contributed by atoms with Gasteiger partial charge >= 0.3 is 35.8 Å². The fourth-order valence-corrected chi connectivity index (χ4v) is 6.02. The molecule has 0 saturated carbocycles. The lowest BCUT2D eigenvalue weighted by atomic mass is 9.94. The molecule has 0 atom stereocenters. The van der Waals surface area contributed by atoms with E-state index < -0.39 is 72.4 Å². The van der Waals surface area contributed by atoms with Gasteiger partial charge in [-0.15, -0.1) is 0 Å². The van der Waals surface area contributed by atoms with Gasteiger partial charge in [-0.25, -0.2) is 28.9 Å². The van der Waals surface area contributed by atoms with E-state index in [2.05, 4.69) is 29.4 Å². The van der Waals surface area contributed by atoms with Gasteiger partial charge in [-0.3, -0.25) is 9.59 Å². The first-order valence-electron chi connectivity index (χ1n) is 22.8. The Morgan fingerprint density at radius 3 is 1.07 bits per heavy atom. The zero-order valence-electron chi connectivity index (χ0n) is 42.7. The van der Waals surface area contributed by atoms with Crippen molar-refractivity contribution in [3.8, 4) is 6.07 Å². The normalized spacial score (nSPS) is 11.9. The van der Waals surface area contributed by atoms with Crippen LogP contribution in [-0.4, -0.2) is 116 Å². The van der Waals surface area contributed by atoms with Crippen LogP contribution in [-0.2, 0) is 57.2 Å². The van der Waals surface area contributed by atoms with Gasteiger partial charge in [0.1, 0.15) is 51.3 Å². The lowest BCUT2D eigenvalue weighted by Crippen LogP contribution is -2.37. The second-order valence-electron chi connectivity index (χ2n) is 17.3. The van der Waals surface area contributed by atoms with Crippen LogP contribution in [0, 0.1) is 29.9 Å². The number of hydrogen-bond donors (Lipinski definition) is 0. The molecule has 74 heavy (non-hydrogen) atoms. The van der Waals surface area contributed by atoms with Crippen LogP contribution in [0.1, 0.15) is 44.4 Å². The molecule has 18 nitrogen and oxygen atoms in total. The molecule has 0 spiro atoms. The third kappa shape index (κ3) is 19.5. The maximum atomic E-state index is 13.4. The van der Waals surface area contributed by atoms with Crippen LogP contribution in [0.2, 0.25) is 0 Å². The van der Waals surface area contributed by atoms with E-state index in [1.165, 1.54) is 25.2 Å². The average Bonchev–Trinajstić information content (AvgIpc) is 3.39. The average molecular weight is 1010 g/mol. The number of rotatable bonds is 27. The van der Waals surface area contributed by atoms with Crippen LogP contribution >= 0.6 is 0 Å². The van der Waals surface area contributed by atoms with Crippen molar-refractivity contribution in [3.05, 3.63) is 166 Å². The molecule has 386 valence electrons. The first-order chi connectivity index (χ1) is 35.1. The highest BCUT2D eigenvalue weighted by Gasteiger charge is 2.33. The van der Waals surface area contributed by atoms with Crippen molar-refractivity contribution in [1.29, 1.82) is 5.26 Å². The lowest BCUT2D eigenvalue weighted by molar-refractivity contribution is -0.155. The minimum absolute atomic E-state index is 0.127. The van der Waals surface area contributed by atoms with E-state index in [-0.39, 0.29) is 42.1 Å². The van der Waals surface area contributed by atoms with E-state index in [9.17, 15) is 34.0 Å². The van der Waals surface area contributed by atoms with Crippen LogP contribution in [0.3, 0.4) is 0 Å². The number of carbonyl (C=O) groups excluding carboxylic acids is 6. The van der Waals surface area contributed by atoms with Crippen molar-refractivity contribution >= 4 is 71.1 Å². The molecule has 0 amide bonds. The van der Waals surface area contributed by atoms with E-state index >= 15 is 0 Å². The Morgan fingerprint density at radius 2 is 0.797 bits per heavy atom. The van der Waals surface area contributed by atoms with Gasteiger partial charge in [-0.1, -0.05) is 56.1 Å². The van der Waals surface area contributed by atoms with Crippen LogP contribution in [0.4, 0.5) is 17.1 Å². The summed E-state index contributed by atoms with van der Waals surface area (Å²) in [6.07, 6.45) is 3.96. The summed E-state index contributed by atoms with van der Waals surface area (Å²) in [7, 11) is 5.40. The number of ether oxygens (including phenoxy) is 6. The number of likely N-dealkylation sites (N-methyl/N-ethyl adjacent to an activating group) is 3. The molecule has 0 radical (unpaired) electrons. The molecule has 0 aliphatic carbocycles. The van der Waals surface area contributed by atoms with Gasteiger partial charge < -0.3 is 43.1 Å². The third-order valence-electron chi connectivity index (χ3n) is 10.6. The molecule has 0 aliphatic heterocycles. The number of nitriles is 1. The standard InChI is InChI=1S/C56H60N6O12/c1-38(2)50(63)69-28-25-60(10)45-19-13-41(14-20-45)31-44(34-57)53(66)72-35-56(7,36-73-54(67)48(58-8)32-42-15-21-46(22-16-42)61(11)26-29-70-51(64)39(3)4)37-74-55(68)49(59-9)33-43-17-23-47(24-18-43)62(12)27-30-71-52(65)40(5)6/h13-24,31-33H,1,3,5,25-30,35-37H2,2,4,6-7,10-12H3/b44-31+,48-32-,49-33-. The van der Waals surface area contributed by atoms with Crippen LogP contribution in [0.25, 0.3) is 27.9 Å². The molecule has 0 N–H and O–H groups in total. The van der Waals surface area contributed by atoms with Crippen LogP contribution < -0.4 is 14.7 Å². The molecule has 0 aliphatic rings. The number of benzene rings is 3. The van der Waals surface area contributed by atoms with E-state index in [1.54, 1.807) is 115 Å². The molecule has 0 bridgehead atoms. The van der Waals surface area contributed by atoms with E-state index in [4.69, 9.17) is 41.6 Å². The number of anilines is 3. The summed E-state index contributed by atoms with van der Waals surface area (Å²) in [6, 6.07) is 22.4. The van der Waals surface area contributed by atoms with Gasteiger partial charge in [0.05, 0.1) is 38.2 Å². The van der Waals surface area contributed by atoms with Gasteiger partial charge in [0.25, 0.3) is 11.4 Å². The summed E-state index contributed by atoms with van der Waals surface area (Å²) < 4.78 is 32.2. The van der Waals surface area contributed by atoms with Gasteiger partial charge in [0, 0.05) is 54.9 Å². The molecular weight excluding hydrogens is 949 g/mol. The summed E-state index contributed by atoms with van der Waals surface area (Å²) in [4.78, 5) is 87.7. The van der Waals surface area contributed by atoms with Crippen molar-refractivity contribution in [2.45, 2.75) is 27.7 Å². The minimum Gasteiger partial charge on any atom is -0.470 e. The van der Waals surface area contributed by atoms with Crippen molar-refractivity contribution in [2.24, 2.45) is 5.41 Å². The van der Waals surface area contributed by atoms with Gasteiger partial charge in [-0.05, 0) is 99.0 Å². The predicted octanol–water partition coefficient (Wildman–Crippen LogP) is 7.82. The highest BCUT2D eigenvalue weighted by Crippen LogP contribution is 2.24. The van der Waals surface area contributed by atoms with E-state index in [0.717, 1.165) is 17.1 Å². The molecule has 0 fully saturated rings. The molecule has 3 aromatic carbocycles. The van der Waals surface area contributed by atoms with Crippen molar-refractivity contribution < 1.29 is 57.2 Å². The molecule has 3 rings (SSSR count). The molecule has 3 aromatic rings. The minimum atomic E-state index is -1.48. The number of carbonyl (C=O) groups is 6. The topological polar surface area (TPSA) is 200 Å². The Labute approximate surface area is 432 Å². The van der Waals surface area contributed by atoms with Crippen molar-refractivity contribution in [1.82, 2.24) is 0 Å². The zero-order chi connectivity index (χ0) is 55.0. The quantitative estimate of drug-likeness (QED) is 0.0235. The molecule has 0 aromatic heterocycles. The predicted molar refractivity (Wildman–Crippen MR) is 280 cm³/mol. The van der Waals surface area contributed by atoms with Crippen LogP contribution in [0.5, 0.6) is 0 Å². The third-order valence-corrected chi connectivity index (χ3v) is 10.6. The first-order valence-corrected chi connectivity index (χ1v) is 22.8. The van der Waals surface area contributed by atoms with E-state index in [0.29, 0.717) is 36.3 Å². The molecule has 0 saturated heterocycles.